The Morgan fingerprint density at radius 2 is 2.15 bits per heavy atom. The number of nitro benzene ring substituents is 1. The summed E-state index contributed by atoms with van der Waals surface area (Å²) in [6, 6.07) is 4.35. The van der Waals surface area contributed by atoms with E-state index in [1.807, 2.05) is 0 Å². The highest BCUT2D eigenvalue weighted by molar-refractivity contribution is 6.07. The molecule has 8 heteroatoms. The fraction of sp³-hybridized carbons (Fsp3) is 0.250. The summed E-state index contributed by atoms with van der Waals surface area (Å²) in [4.78, 5) is 46.2. The number of non-ortho nitro benzene ring substituents is 1. The van der Waals surface area contributed by atoms with Gasteiger partial charge in [0.1, 0.15) is 12.6 Å². The van der Waals surface area contributed by atoms with Crippen molar-refractivity contribution >= 4 is 23.4 Å². The lowest BCUT2D eigenvalue weighted by atomic mass is 10.1. The van der Waals surface area contributed by atoms with Crippen molar-refractivity contribution in [2.24, 2.45) is 0 Å². The number of rotatable bonds is 2. The van der Waals surface area contributed by atoms with Gasteiger partial charge in [-0.25, -0.2) is 0 Å². The van der Waals surface area contributed by atoms with Crippen molar-refractivity contribution in [3.8, 4) is 0 Å². The van der Waals surface area contributed by atoms with E-state index in [1.165, 1.54) is 25.1 Å². The molecule has 1 aromatic rings. The van der Waals surface area contributed by atoms with Gasteiger partial charge in [-0.3, -0.25) is 29.8 Å². The third-order valence-corrected chi connectivity index (χ3v) is 2.99. The molecule has 1 heterocycles. The Morgan fingerprint density at radius 1 is 1.45 bits per heavy atom. The van der Waals surface area contributed by atoms with Crippen LogP contribution < -0.4 is 5.32 Å². The molecule has 3 amide bonds. The molecule has 0 spiro atoms. The predicted octanol–water partition coefficient (Wildman–Crippen LogP) is 0.0819. The van der Waals surface area contributed by atoms with Crippen molar-refractivity contribution < 1.29 is 19.3 Å². The van der Waals surface area contributed by atoms with Crippen LogP contribution in [0.4, 0.5) is 5.69 Å². The van der Waals surface area contributed by atoms with Crippen molar-refractivity contribution in [2.45, 2.75) is 13.0 Å². The molecule has 1 fully saturated rings. The fourth-order valence-corrected chi connectivity index (χ4v) is 1.88. The summed E-state index contributed by atoms with van der Waals surface area (Å²) < 4.78 is 0. The first kappa shape index (κ1) is 13.7. The average molecular weight is 277 g/mol. The van der Waals surface area contributed by atoms with E-state index in [1.54, 1.807) is 0 Å². The number of nitrogens with zero attached hydrogens (tertiary/aromatic N) is 2. The first-order valence-electron chi connectivity index (χ1n) is 5.79. The lowest BCUT2D eigenvalue weighted by Crippen LogP contribution is -2.58. The van der Waals surface area contributed by atoms with Gasteiger partial charge in [0.15, 0.2) is 0 Å². The number of hydrogen-bond acceptors (Lipinski definition) is 5. The Bertz CT molecular complexity index is 613. The zero-order chi connectivity index (χ0) is 14.9. The van der Waals surface area contributed by atoms with Gasteiger partial charge in [-0.1, -0.05) is 6.07 Å². The largest absolute Gasteiger partial charge is 0.318 e. The third kappa shape index (κ3) is 2.48. The molecular formula is C12H11N3O5. The number of hydrogen-bond donors (Lipinski definition) is 1. The summed E-state index contributed by atoms with van der Waals surface area (Å²) in [5, 5.41) is 12.8. The topological polar surface area (TPSA) is 110 Å². The Labute approximate surface area is 113 Å². The van der Waals surface area contributed by atoms with Crippen LogP contribution >= 0.6 is 0 Å². The van der Waals surface area contributed by atoms with E-state index >= 15 is 0 Å². The van der Waals surface area contributed by atoms with Gasteiger partial charge >= 0.3 is 0 Å². The number of carbonyl (C=O) groups is 3. The normalized spacial score (nSPS) is 18.6. The number of nitro groups is 1. The molecule has 1 saturated heterocycles. The number of benzene rings is 1. The minimum absolute atomic E-state index is 0.0635. The quantitative estimate of drug-likeness (QED) is 0.467. The van der Waals surface area contributed by atoms with Crippen LogP contribution in [-0.4, -0.2) is 40.1 Å². The minimum Gasteiger partial charge on any atom is -0.318 e. The molecule has 2 rings (SSSR count). The summed E-state index contributed by atoms with van der Waals surface area (Å²) in [6.45, 7) is 1.23. The second kappa shape index (κ2) is 5.08. The molecule has 8 nitrogen and oxygen atoms in total. The van der Waals surface area contributed by atoms with Gasteiger partial charge in [0, 0.05) is 17.7 Å². The summed E-state index contributed by atoms with van der Waals surface area (Å²) in [6.07, 6.45) is 0. The molecule has 1 aliphatic rings. The molecule has 0 bridgehead atoms. The highest BCUT2D eigenvalue weighted by atomic mass is 16.6. The SMILES string of the molecule is CC1C(=O)NC(=O)CN1C(=O)c1cccc([N+](=O)[O-])c1. The van der Waals surface area contributed by atoms with E-state index in [2.05, 4.69) is 5.32 Å². The standard InChI is InChI=1S/C12H11N3O5/c1-7-11(17)13-10(16)6-14(7)12(18)8-3-2-4-9(5-8)15(19)20/h2-5,7H,6H2,1H3,(H,13,16,17). The van der Waals surface area contributed by atoms with Crippen molar-refractivity contribution in [3.05, 3.63) is 39.9 Å². The van der Waals surface area contributed by atoms with Crippen LogP contribution in [0.5, 0.6) is 0 Å². The van der Waals surface area contributed by atoms with Crippen molar-refractivity contribution in [2.75, 3.05) is 6.54 Å². The smallest absolute Gasteiger partial charge is 0.270 e. The number of nitrogens with one attached hydrogen (secondary N) is 1. The van der Waals surface area contributed by atoms with Gasteiger partial charge in [-0.15, -0.1) is 0 Å². The van der Waals surface area contributed by atoms with Gasteiger partial charge in [-0.2, -0.15) is 0 Å². The Hall–Kier alpha value is -2.77. The van der Waals surface area contributed by atoms with Crippen LogP contribution in [0.25, 0.3) is 0 Å². The van der Waals surface area contributed by atoms with Crippen molar-refractivity contribution in [1.82, 2.24) is 10.2 Å². The van der Waals surface area contributed by atoms with E-state index < -0.39 is 28.7 Å². The molecule has 0 radical (unpaired) electrons. The summed E-state index contributed by atoms with van der Waals surface area (Å²) in [5.74, 6) is -1.74. The molecule has 0 aliphatic carbocycles. The first-order chi connectivity index (χ1) is 9.40. The molecule has 1 N–H and O–H groups in total. The number of piperazine rings is 1. The molecular weight excluding hydrogens is 266 g/mol. The van der Waals surface area contributed by atoms with E-state index in [0.717, 1.165) is 11.0 Å². The summed E-state index contributed by atoms with van der Waals surface area (Å²) in [7, 11) is 0. The highest BCUT2D eigenvalue weighted by Crippen LogP contribution is 2.17. The molecule has 1 atom stereocenters. The molecule has 0 saturated carbocycles. The van der Waals surface area contributed by atoms with E-state index in [9.17, 15) is 24.5 Å². The van der Waals surface area contributed by atoms with E-state index in [0.29, 0.717) is 0 Å². The zero-order valence-electron chi connectivity index (χ0n) is 10.5. The maximum atomic E-state index is 12.2. The van der Waals surface area contributed by atoms with Crippen LogP contribution in [-0.2, 0) is 9.59 Å². The molecule has 1 unspecified atom stereocenters. The maximum Gasteiger partial charge on any atom is 0.270 e. The van der Waals surface area contributed by atoms with E-state index in [-0.39, 0.29) is 17.8 Å². The van der Waals surface area contributed by atoms with Gasteiger partial charge in [-0.05, 0) is 13.0 Å². The van der Waals surface area contributed by atoms with Crippen LogP contribution in [0.1, 0.15) is 17.3 Å². The second-order valence-electron chi connectivity index (χ2n) is 4.33. The van der Waals surface area contributed by atoms with Gasteiger partial charge in [0.05, 0.1) is 4.92 Å². The molecule has 1 aromatic carbocycles. The van der Waals surface area contributed by atoms with Crippen LogP contribution in [0.3, 0.4) is 0 Å². The average Bonchev–Trinajstić information content (AvgIpc) is 2.42. The zero-order valence-corrected chi connectivity index (χ0v) is 10.5. The second-order valence-corrected chi connectivity index (χ2v) is 4.33. The van der Waals surface area contributed by atoms with Crippen LogP contribution in [0.15, 0.2) is 24.3 Å². The fourth-order valence-electron chi connectivity index (χ4n) is 1.88. The van der Waals surface area contributed by atoms with Gasteiger partial charge in [0.2, 0.25) is 11.8 Å². The summed E-state index contributed by atoms with van der Waals surface area (Å²) >= 11 is 0. The van der Waals surface area contributed by atoms with E-state index in [4.69, 9.17) is 0 Å². The lowest BCUT2D eigenvalue weighted by molar-refractivity contribution is -0.384. The maximum absolute atomic E-state index is 12.2. The number of imide groups is 1. The minimum atomic E-state index is -0.806. The molecule has 20 heavy (non-hydrogen) atoms. The molecule has 104 valence electrons. The molecule has 1 aliphatic heterocycles. The predicted molar refractivity (Wildman–Crippen MR) is 66.7 cm³/mol. The van der Waals surface area contributed by atoms with Crippen molar-refractivity contribution in [1.29, 1.82) is 0 Å². The number of amides is 3. The van der Waals surface area contributed by atoms with Crippen LogP contribution in [0, 0.1) is 10.1 Å². The Balaban J connectivity index is 2.30. The molecule has 0 aromatic heterocycles. The first-order valence-corrected chi connectivity index (χ1v) is 5.79. The Morgan fingerprint density at radius 3 is 2.80 bits per heavy atom. The van der Waals surface area contributed by atoms with Crippen LogP contribution in [0.2, 0.25) is 0 Å². The van der Waals surface area contributed by atoms with Gasteiger partial charge in [0.25, 0.3) is 11.6 Å². The monoisotopic (exact) mass is 277 g/mol. The Kier molecular flexibility index (Phi) is 3.47. The summed E-state index contributed by atoms with van der Waals surface area (Å²) in [5.41, 5.74) is -0.162. The van der Waals surface area contributed by atoms with Crippen molar-refractivity contribution in [3.63, 3.8) is 0 Å². The third-order valence-electron chi connectivity index (χ3n) is 2.99. The lowest BCUT2D eigenvalue weighted by Gasteiger charge is -2.31. The van der Waals surface area contributed by atoms with Gasteiger partial charge < -0.3 is 4.90 Å². The number of carbonyl (C=O) groups excluding carboxylic acids is 3. The highest BCUT2D eigenvalue weighted by Gasteiger charge is 2.34.